The zero-order valence-electron chi connectivity index (χ0n) is 13.1. The lowest BCUT2D eigenvalue weighted by Gasteiger charge is -2.23. The minimum Gasteiger partial charge on any atom is -0.481 e. The number of fused-ring (bicyclic) bond motifs is 2. The van der Waals surface area contributed by atoms with Gasteiger partial charge in [0.05, 0.1) is 15.8 Å². The van der Waals surface area contributed by atoms with E-state index in [0.717, 1.165) is 23.7 Å². The molecule has 4 rings (SSSR count). The number of hydrogen-bond donors (Lipinski definition) is 1. The fourth-order valence-corrected chi connectivity index (χ4v) is 5.73. The van der Waals surface area contributed by atoms with Crippen LogP contribution in [0.4, 0.5) is 0 Å². The molecule has 1 aromatic carbocycles. The lowest BCUT2D eigenvalue weighted by molar-refractivity contribution is -0.149. The summed E-state index contributed by atoms with van der Waals surface area (Å²) in [5, 5.41) is 10.4. The summed E-state index contributed by atoms with van der Waals surface area (Å²) in [5.74, 6) is -0.961. The smallest absolute Gasteiger partial charge is 0.311 e. The average Bonchev–Trinajstić information content (AvgIpc) is 3.13. The van der Waals surface area contributed by atoms with Crippen molar-refractivity contribution < 1.29 is 18.3 Å². The zero-order chi connectivity index (χ0) is 16.9. The lowest BCUT2D eigenvalue weighted by Crippen LogP contribution is -2.37. The van der Waals surface area contributed by atoms with Crippen LogP contribution in [0.1, 0.15) is 19.3 Å². The summed E-state index contributed by atoms with van der Waals surface area (Å²) in [6.07, 6.45) is 3.85. The van der Waals surface area contributed by atoms with Crippen molar-refractivity contribution in [2.45, 2.75) is 24.2 Å². The number of pyridine rings is 1. The van der Waals surface area contributed by atoms with Gasteiger partial charge in [-0.15, -0.1) is 0 Å². The van der Waals surface area contributed by atoms with E-state index in [1.165, 1.54) is 4.31 Å². The van der Waals surface area contributed by atoms with Gasteiger partial charge in [0.25, 0.3) is 0 Å². The summed E-state index contributed by atoms with van der Waals surface area (Å²) < 4.78 is 27.3. The molecule has 0 unspecified atom stereocenters. The minimum absolute atomic E-state index is 0.0699. The van der Waals surface area contributed by atoms with Crippen molar-refractivity contribution >= 4 is 26.9 Å². The molecule has 24 heavy (non-hydrogen) atoms. The number of carboxylic acids is 1. The Balaban J connectivity index is 1.71. The third-order valence-electron chi connectivity index (χ3n) is 5.48. The number of sulfonamides is 1. The van der Waals surface area contributed by atoms with E-state index in [0.29, 0.717) is 13.0 Å². The van der Waals surface area contributed by atoms with E-state index in [1.54, 1.807) is 30.5 Å². The Morgan fingerprint density at radius 3 is 2.92 bits per heavy atom. The van der Waals surface area contributed by atoms with Gasteiger partial charge in [0, 0.05) is 24.7 Å². The minimum atomic E-state index is -3.70. The Morgan fingerprint density at radius 2 is 2.17 bits per heavy atom. The van der Waals surface area contributed by atoms with E-state index >= 15 is 0 Å². The Morgan fingerprint density at radius 1 is 1.33 bits per heavy atom. The Hall–Kier alpha value is -1.99. The summed E-state index contributed by atoms with van der Waals surface area (Å²) in [6.45, 7) is 0.361. The van der Waals surface area contributed by atoms with E-state index in [1.807, 2.05) is 6.07 Å². The third-order valence-corrected chi connectivity index (χ3v) is 7.29. The second kappa shape index (κ2) is 5.26. The van der Waals surface area contributed by atoms with Crippen molar-refractivity contribution in [3.05, 3.63) is 36.5 Å². The maximum absolute atomic E-state index is 13.0. The first-order chi connectivity index (χ1) is 11.4. The summed E-state index contributed by atoms with van der Waals surface area (Å²) >= 11 is 0. The molecule has 7 heteroatoms. The number of carbonyl (C=O) groups is 1. The number of aliphatic carboxylic acids is 1. The standard InChI is InChI=1S/C17H18N2O4S/c20-16(21)17-7-1-4-13(17)10-19(11-17)24(22,23)14-5-6-15-12(9-14)3-2-8-18-15/h2-3,5-6,8-9,13H,1,4,7,10-11H2,(H,20,21)/t13-,17+/m0/s1. The first-order valence-electron chi connectivity index (χ1n) is 8.02. The molecule has 2 fully saturated rings. The quantitative estimate of drug-likeness (QED) is 0.920. The second-order valence-electron chi connectivity index (χ2n) is 6.71. The van der Waals surface area contributed by atoms with Crippen molar-refractivity contribution in [2.24, 2.45) is 11.3 Å². The molecule has 6 nitrogen and oxygen atoms in total. The van der Waals surface area contributed by atoms with Gasteiger partial charge in [-0.3, -0.25) is 9.78 Å². The highest BCUT2D eigenvalue weighted by molar-refractivity contribution is 7.89. The molecule has 2 atom stereocenters. The molecule has 1 aromatic heterocycles. The molecule has 126 valence electrons. The number of carboxylic acid groups (broad SMARTS) is 1. The highest BCUT2D eigenvalue weighted by Crippen LogP contribution is 2.50. The van der Waals surface area contributed by atoms with Gasteiger partial charge >= 0.3 is 5.97 Å². The Kier molecular flexibility index (Phi) is 3.40. The van der Waals surface area contributed by atoms with E-state index in [2.05, 4.69) is 4.98 Å². The molecular weight excluding hydrogens is 328 g/mol. The Labute approximate surface area is 140 Å². The molecule has 0 amide bonds. The van der Waals surface area contributed by atoms with Crippen molar-refractivity contribution in [1.82, 2.24) is 9.29 Å². The highest BCUT2D eigenvalue weighted by Gasteiger charge is 2.57. The van der Waals surface area contributed by atoms with E-state index in [4.69, 9.17) is 0 Å². The zero-order valence-corrected chi connectivity index (χ0v) is 13.9. The van der Waals surface area contributed by atoms with Gasteiger partial charge in [-0.25, -0.2) is 8.42 Å². The van der Waals surface area contributed by atoms with Gasteiger partial charge in [-0.1, -0.05) is 12.5 Å². The monoisotopic (exact) mass is 346 g/mol. The largest absolute Gasteiger partial charge is 0.481 e. The van der Waals surface area contributed by atoms with E-state index < -0.39 is 21.4 Å². The fraction of sp³-hybridized carbons (Fsp3) is 0.412. The fourth-order valence-electron chi connectivity index (χ4n) is 4.14. The number of nitrogens with zero attached hydrogens (tertiary/aromatic N) is 2. The molecule has 2 aromatic rings. The summed E-state index contributed by atoms with van der Waals surface area (Å²) in [6, 6.07) is 8.43. The first-order valence-corrected chi connectivity index (χ1v) is 9.46. The number of benzene rings is 1. The predicted octanol–water partition coefficient (Wildman–Crippen LogP) is 2.11. The first kappa shape index (κ1) is 15.5. The molecule has 1 saturated heterocycles. The molecule has 1 saturated carbocycles. The SMILES string of the molecule is O=C(O)[C@@]12CCC[C@H]1CN(S(=O)(=O)c1ccc3ncccc3c1)C2. The van der Waals surface area contributed by atoms with Crippen LogP contribution in [0.5, 0.6) is 0 Å². The van der Waals surface area contributed by atoms with Crippen molar-refractivity contribution in [2.75, 3.05) is 13.1 Å². The van der Waals surface area contributed by atoms with Gasteiger partial charge in [0.2, 0.25) is 10.0 Å². The van der Waals surface area contributed by atoms with Crippen LogP contribution in [0, 0.1) is 11.3 Å². The van der Waals surface area contributed by atoms with Crippen LogP contribution in [0.2, 0.25) is 0 Å². The van der Waals surface area contributed by atoms with Crippen LogP contribution in [0.3, 0.4) is 0 Å². The highest BCUT2D eigenvalue weighted by atomic mass is 32.2. The number of hydrogen-bond acceptors (Lipinski definition) is 4. The molecular formula is C17H18N2O4S. The van der Waals surface area contributed by atoms with Crippen LogP contribution >= 0.6 is 0 Å². The van der Waals surface area contributed by atoms with Crippen LogP contribution in [-0.4, -0.2) is 41.9 Å². The Bertz CT molecular complexity index is 927. The summed E-state index contributed by atoms with van der Waals surface area (Å²) in [4.78, 5) is 16.2. The van der Waals surface area contributed by atoms with Crippen LogP contribution in [0.25, 0.3) is 10.9 Å². The summed E-state index contributed by atoms with van der Waals surface area (Å²) in [5.41, 5.74) is -0.178. The van der Waals surface area contributed by atoms with Gasteiger partial charge in [0.1, 0.15) is 0 Å². The molecule has 0 spiro atoms. The van der Waals surface area contributed by atoms with Gasteiger partial charge in [-0.05, 0) is 43.0 Å². The molecule has 1 N–H and O–H groups in total. The third kappa shape index (κ3) is 2.15. The lowest BCUT2D eigenvalue weighted by atomic mass is 9.81. The van der Waals surface area contributed by atoms with E-state index in [-0.39, 0.29) is 17.4 Å². The number of rotatable bonds is 3. The molecule has 2 heterocycles. The van der Waals surface area contributed by atoms with Crippen molar-refractivity contribution in [3.8, 4) is 0 Å². The maximum atomic E-state index is 13.0. The molecule has 1 aliphatic carbocycles. The van der Waals surface area contributed by atoms with Crippen LogP contribution in [-0.2, 0) is 14.8 Å². The maximum Gasteiger partial charge on any atom is 0.311 e. The predicted molar refractivity (Wildman–Crippen MR) is 87.9 cm³/mol. The molecule has 0 bridgehead atoms. The molecule has 0 radical (unpaired) electrons. The summed E-state index contributed by atoms with van der Waals surface area (Å²) in [7, 11) is -3.70. The van der Waals surface area contributed by atoms with Gasteiger partial charge < -0.3 is 5.11 Å². The molecule has 2 aliphatic rings. The van der Waals surface area contributed by atoms with Crippen LogP contribution < -0.4 is 0 Å². The second-order valence-corrected chi connectivity index (χ2v) is 8.64. The average molecular weight is 346 g/mol. The van der Waals surface area contributed by atoms with Crippen molar-refractivity contribution in [1.29, 1.82) is 0 Å². The van der Waals surface area contributed by atoms with E-state index in [9.17, 15) is 18.3 Å². The molecule has 1 aliphatic heterocycles. The van der Waals surface area contributed by atoms with Gasteiger partial charge in [-0.2, -0.15) is 4.31 Å². The normalized spacial score (nSPS) is 27.4. The number of aromatic nitrogens is 1. The van der Waals surface area contributed by atoms with Crippen LogP contribution in [0.15, 0.2) is 41.4 Å². The van der Waals surface area contributed by atoms with Gasteiger partial charge in [0.15, 0.2) is 0 Å². The van der Waals surface area contributed by atoms with Crippen molar-refractivity contribution in [3.63, 3.8) is 0 Å². The topological polar surface area (TPSA) is 87.6 Å².